The minimum absolute atomic E-state index is 0.0278. The van der Waals surface area contributed by atoms with Crippen LogP contribution in [0.5, 0.6) is 0 Å². The number of aliphatic hydroxyl groups excluding tert-OH is 1. The number of carbonyl (C=O) groups is 3. The zero-order valence-corrected chi connectivity index (χ0v) is 49.4. The maximum Gasteiger partial charge on any atom is 0.281 e. The highest BCUT2D eigenvalue weighted by molar-refractivity contribution is 9.10. The van der Waals surface area contributed by atoms with Crippen molar-refractivity contribution in [1.29, 1.82) is 0 Å². The van der Waals surface area contributed by atoms with Crippen LogP contribution in [0, 0.1) is 23.7 Å². The number of halogens is 1. The van der Waals surface area contributed by atoms with Gasteiger partial charge in [-0.1, -0.05) is 82.5 Å². The Labute approximate surface area is 482 Å². The van der Waals surface area contributed by atoms with Crippen molar-refractivity contribution in [2.24, 2.45) is 28.3 Å². The Balaban J connectivity index is 0.702. The second kappa shape index (κ2) is 21.7. The molecule has 6 fully saturated rings. The van der Waals surface area contributed by atoms with E-state index in [0.717, 1.165) is 135 Å². The quantitative estimate of drug-likeness (QED) is 0.0727. The number of carbonyl (C=O) groups excluding carboxylic acids is 3. The Bertz CT molecular complexity index is 3260. The first kappa shape index (κ1) is 55.1. The van der Waals surface area contributed by atoms with E-state index in [9.17, 15) is 19.5 Å². The van der Waals surface area contributed by atoms with Gasteiger partial charge in [-0.2, -0.15) is 4.98 Å². The average molecular weight is 1170 g/mol. The molecule has 80 heavy (non-hydrogen) atoms. The minimum atomic E-state index is -1.01. The topological polar surface area (TPSA) is 196 Å². The van der Waals surface area contributed by atoms with Crippen molar-refractivity contribution >= 4 is 55.9 Å². The lowest BCUT2D eigenvalue weighted by molar-refractivity contribution is -0.146. The van der Waals surface area contributed by atoms with Gasteiger partial charge >= 0.3 is 0 Å². The molecule has 2 spiro atoms. The molecule has 7 aliphatic rings. The number of nitrogens with two attached hydrogens (primary N) is 2. The molecule has 3 aromatic carbocycles. The van der Waals surface area contributed by atoms with Crippen LogP contribution in [0.1, 0.15) is 164 Å². The van der Waals surface area contributed by atoms with Crippen LogP contribution in [0.15, 0.2) is 87.3 Å². The number of thiazole rings is 1. The van der Waals surface area contributed by atoms with Gasteiger partial charge in [0.05, 0.1) is 44.2 Å². The standard InChI is InChI=1S/C63H79BrN10O5S/c1-38-54(80-37-67-38)42-15-13-41(14-16-42)53(68-56(76)51-34-45(75)35-72(51)59(79)55(61(2,3)4)73(66)36-48(65)40-11-12-40)58(78)71-31-27-62(28-32-71)25-19-44(20-26-62)70-29-21-39(22-30-70)43-17-18-46-50(33-43)74-49-10-8-9-47(64)52(49)57(77)69-60(74)63(46)23-6-5-7-24-63/h8-10,13-18,33,36-37,39-40,44-45,51,53,55,75H,5-7,11-12,19-32,34-35,65-66H2,1-4H3,(H,68,76)/b48-36-/t45-,51+,53-,55-/m1/s1. The van der Waals surface area contributed by atoms with Gasteiger partial charge in [0.2, 0.25) is 17.7 Å². The number of hydrogen-bond donors (Lipinski definition) is 4. The van der Waals surface area contributed by atoms with E-state index in [1.807, 2.05) is 74.5 Å². The van der Waals surface area contributed by atoms with Gasteiger partial charge in [-0.25, -0.2) is 10.8 Å². The molecule has 3 aliphatic carbocycles. The first-order chi connectivity index (χ1) is 38.4. The lowest BCUT2D eigenvalue weighted by Crippen LogP contribution is -2.59. The second-order valence-electron chi connectivity index (χ2n) is 25.8. The number of hydrazine groups is 1. The summed E-state index contributed by atoms with van der Waals surface area (Å²) in [6.07, 6.45) is 16.9. The van der Waals surface area contributed by atoms with E-state index < -0.39 is 35.6 Å². The molecule has 3 amide bonds. The summed E-state index contributed by atoms with van der Waals surface area (Å²) in [7, 11) is 0. The molecule has 0 bridgehead atoms. The number of benzene rings is 3. The van der Waals surface area contributed by atoms with Crippen molar-refractivity contribution in [3.05, 3.63) is 121 Å². The predicted octanol–water partition coefficient (Wildman–Crippen LogP) is 9.49. The summed E-state index contributed by atoms with van der Waals surface area (Å²) in [6, 6.07) is 18.7. The summed E-state index contributed by atoms with van der Waals surface area (Å²) >= 11 is 5.24. The number of likely N-dealkylation sites (tertiary alicyclic amines) is 3. The van der Waals surface area contributed by atoms with Gasteiger partial charge in [0.1, 0.15) is 23.9 Å². The Morgan fingerprint density at radius 3 is 2.27 bits per heavy atom. The summed E-state index contributed by atoms with van der Waals surface area (Å²) in [5, 5.41) is 16.2. The zero-order chi connectivity index (χ0) is 55.8. The van der Waals surface area contributed by atoms with Crippen molar-refractivity contribution in [3.8, 4) is 16.1 Å². The number of nitrogens with zero attached hydrogens (tertiary/aromatic N) is 7. The van der Waals surface area contributed by atoms with Gasteiger partial charge in [0.15, 0.2) is 0 Å². The van der Waals surface area contributed by atoms with Crippen LogP contribution in [0.2, 0.25) is 0 Å². The van der Waals surface area contributed by atoms with Crippen LogP contribution in [-0.2, 0) is 19.8 Å². The van der Waals surface area contributed by atoms with Gasteiger partial charge in [-0.05, 0) is 170 Å². The van der Waals surface area contributed by atoms with E-state index in [-0.39, 0.29) is 47.1 Å². The number of aryl methyl sites for hydroxylation is 1. The summed E-state index contributed by atoms with van der Waals surface area (Å²) < 4.78 is 3.12. The number of β-amino-alcohol motifs (C(OH)–C–C–N with tert-alkyl or cyclic N) is 1. The molecule has 17 heteroatoms. The fourth-order valence-electron chi connectivity index (χ4n) is 15.1. The van der Waals surface area contributed by atoms with E-state index >= 15 is 4.79 Å². The van der Waals surface area contributed by atoms with Crippen LogP contribution in [0.4, 0.5) is 0 Å². The van der Waals surface area contributed by atoms with Gasteiger partial charge in [0.25, 0.3) is 5.56 Å². The third-order valence-corrected chi connectivity index (χ3v) is 21.4. The molecule has 4 aliphatic heterocycles. The van der Waals surface area contributed by atoms with Gasteiger partial charge < -0.3 is 35.9 Å². The number of aromatic nitrogens is 3. The van der Waals surface area contributed by atoms with Crippen molar-refractivity contribution < 1.29 is 19.5 Å². The van der Waals surface area contributed by atoms with E-state index in [0.29, 0.717) is 41.7 Å². The number of aliphatic hydroxyl groups is 1. The van der Waals surface area contributed by atoms with Crippen LogP contribution in [0.25, 0.3) is 27.0 Å². The number of amides is 3. The molecule has 3 saturated heterocycles. The average Bonchev–Trinajstić information content (AvgIpc) is 2.98. The number of hydrogen-bond acceptors (Lipinski definition) is 12. The Kier molecular flexibility index (Phi) is 14.9. The molecule has 12 rings (SSSR count). The van der Waals surface area contributed by atoms with Crippen molar-refractivity contribution in [1.82, 2.24) is 39.6 Å². The maximum absolute atomic E-state index is 15.0. The highest BCUT2D eigenvalue weighted by atomic mass is 79.9. The number of fused-ring (bicyclic) bond motifs is 7. The molecular formula is C63H79BrN10O5S. The Hall–Kier alpha value is -5.46. The molecular weight excluding hydrogens is 1090 g/mol. The third kappa shape index (κ3) is 10.2. The third-order valence-electron chi connectivity index (χ3n) is 19.8. The van der Waals surface area contributed by atoms with Crippen molar-refractivity contribution in [2.45, 2.75) is 172 Å². The molecule has 3 saturated carbocycles. The summed E-state index contributed by atoms with van der Waals surface area (Å²) in [5.74, 6) is 7.22. The van der Waals surface area contributed by atoms with Crippen molar-refractivity contribution in [3.63, 3.8) is 0 Å². The largest absolute Gasteiger partial charge is 0.401 e. The number of nitrogens with one attached hydrogen (secondary N) is 1. The summed E-state index contributed by atoms with van der Waals surface area (Å²) in [5.41, 5.74) is 15.4. The zero-order valence-electron chi connectivity index (χ0n) is 47.0. The van der Waals surface area contributed by atoms with Crippen molar-refractivity contribution in [2.75, 3.05) is 32.7 Å². The smallest absolute Gasteiger partial charge is 0.281 e. The fraction of sp³-hybridized carbons (Fsp3) is 0.556. The molecule has 0 radical (unpaired) electrons. The van der Waals surface area contributed by atoms with Crippen LogP contribution in [0.3, 0.4) is 0 Å². The molecule has 15 nitrogen and oxygen atoms in total. The Morgan fingerprint density at radius 2 is 1.61 bits per heavy atom. The van der Waals surface area contributed by atoms with Gasteiger partial charge in [0, 0.05) is 54.4 Å². The van der Waals surface area contributed by atoms with Gasteiger partial charge in [-0.3, -0.25) is 23.7 Å². The Morgan fingerprint density at radius 1 is 0.900 bits per heavy atom. The maximum atomic E-state index is 15.0. The summed E-state index contributed by atoms with van der Waals surface area (Å²) in [6.45, 7) is 11.1. The molecule has 5 aromatic rings. The van der Waals surface area contributed by atoms with E-state index in [1.165, 1.54) is 33.1 Å². The van der Waals surface area contributed by atoms with E-state index in [4.69, 9.17) is 16.6 Å². The lowest BCUT2D eigenvalue weighted by Gasteiger charge is -2.49. The fourth-order valence-corrected chi connectivity index (χ4v) is 16.5. The van der Waals surface area contributed by atoms with Crippen LogP contribution >= 0.6 is 27.3 Å². The lowest BCUT2D eigenvalue weighted by atomic mass is 9.66. The second-order valence-corrected chi connectivity index (χ2v) is 27.6. The van der Waals surface area contributed by atoms with Crippen LogP contribution in [-0.4, -0.2) is 114 Å². The minimum Gasteiger partial charge on any atom is -0.401 e. The highest BCUT2D eigenvalue weighted by Crippen LogP contribution is 2.53. The molecule has 6 heterocycles. The predicted molar refractivity (Wildman–Crippen MR) is 317 cm³/mol. The molecule has 2 aromatic heterocycles. The molecule has 4 atom stereocenters. The SMILES string of the molecule is Cc1ncsc1-c1ccc([C@@H](NC(=O)[C@@H]2C[C@@H](O)CN2C(=O)[C@@H](N(N)/C=C(\N)C2CC2)C(C)(C)C)C(=O)N2CCC3(CCC(N4CCC(c5ccc6c(c5)-n5c(nc(=O)c7c(Br)cccc75)C65CCCCC5)CC4)CC3)CC2)cc1. The molecule has 0 unspecified atom stereocenters. The first-order valence-corrected chi connectivity index (χ1v) is 31.3. The normalized spacial score (nSPS) is 23.3. The number of piperidine rings is 2. The summed E-state index contributed by atoms with van der Waals surface area (Å²) in [4.78, 5) is 74.4. The van der Waals surface area contributed by atoms with Crippen LogP contribution < -0.4 is 22.5 Å². The molecule has 424 valence electrons. The number of allylic oxidation sites excluding steroid dienone is 1. The monoisotopic (exact) mass is 1170 g/mol. The number of rotatable bonds is 11. The van der Waals surface area contributed by atoms with E-state index in [2.05, 4.69) is 60.0 Å². The van der Waals surface area contributed by atoms with E-state index in [1.54, 1.807) is 17.5 Å². The first-order valence-electron chi connectivity index (χ1n) is 29.6. The molecule has 6 N–H and O–H groups in total. The van der Waals surface area contributed by atoms with Gasteiger partial charge in [-0.15, -0.1) is 11.3 Å². The highest BCUT2D eigenvalue weighted by Gasteiger charge is 2.49.